The molecule has 2 aromatic heterocycles. The number of nitrogens with zero attached hydrogens (tertiary/aromatic N) is 4. The van der Waals surface area contributed by atoms with Gasteiger partial charge in [-0.25, -0.2) is 0 Å². The van der Waals surface area contributed by atoms with Crippen LogP contribution in [0.15, 0.2) is 63.5 Å². The molecule has 4 rings (SSSR count). The molecule has 0 unspecified atom stereocenters. The minimum Gasteiger partial charge on any atom is -0.423 e. The fourth-order valence-corrected chi connectivity index (χ4v) is 3.57. The van der Waals surface area contributed by atoms with E-state index in [1.807, 2.05) is 24.6 Å². The molecule has 5 nitrogen and oxygen atoms in total. The molecule has 0 atom stereocenters. The van der Waals surface area contributed by atoms with E-state index in [2.05, 4.69) is 79.8 Å². The van der Waals surface area contributed by atoms with E-state index in [0.717, 1.165) is 22.3 Å². The summed E-state index contributed by atoms with van der Waals surface area (Å²) < 4.78 is 8.76. The van der Waals surface area contributed by atoms with Crippen LogP contribution in [-0.4, -0.2) is 20.0 Å². The predicted octanol–water partition coefficient (Wildman–Crippen LogP) is 5.15. The maximum Gasteiger partial charge on any atom is 0.237 e. The number of benzene rings is 2. The summed E-state index contributed by atoms with van der Waals surface area (Å²) in [6.07, 6.45) is 1.55. The molecule has 0 saturated heterocycles. The molecule has 0 aliphatic rings. The van der Waals surface area contributed by atoms with Crippen molar-refractivity contribution in [3.8, 4) is 11.1 Å². The van der Waals surface area contributed by atoms with E-state index in [1.54, 1.807) is 0 Å². The highest BCUT2D eigenvalue weighted by Crippen LogP contribution is 2.25. The van der Waals surface area contributed by atoms with E-state index in [0.29, 0.717) is 24.7 Å². The summed E-state index contributed by atoms with van der Waals surface area (Å²) in [5.41, 5.74) is 5.74. The van der Waals surface area contributed by atoms with Gasteiger partial charge in [-0.2, -0.15) is 5.10 Å². The SMILES string of the molecule is Cc1nn(Cc2nnc(CCc3ccccc3-c3ccccc3)o2)c(C)c1Br. The molecule has 4 aromatic rings. The fraction of sp³-hybridized carbons (Fsp3) is 0.227. The third-order valence-electron chi connectivity index (χ3n) is 4.80. The van der Waals surface area contributed by atoms with Crippen LogP contribution in [0.2, 0.25) is 0 Å². The number of hydrogen-bond donors (Lipinski definition) is 0. The van der Waals surface area contributed by atoms with Crippen LogP contribution >= 0.6 is 15.9 Å². The van der Waals surface area contributed by atoms with Crippen LogP contribution in [0.3, 0.4) is 0 Å². The van der Waals surface area contributed by atoms with Crippen LogP contribution < -0.4 is 0 Å². The molecule has 0 spiro atoms. The summed E-state index contributed by atoms with van der Waals surface area (Å²) in [4.78, 5) is 0. The Bertz CT molecular complexity index is 1090. The lowest BCUT2D eigenvalue weighted by atomic mass is 9.97. The molecule has 142 valence electrons. The van der Waals surface area contributed by atoms with E-state index < -0.39 is 0 Å². The number of aryl methyl sites for hydroxylation is 3. The van der Waals surface area contributed by atoms with Gasteiger partial charge in [-0.15, -0.1) is 10.2 Å². The number of halogens is 1. The average Bonchev–Trinajstić information content (AvgIpc) is 3.27. The molecule has 0 saturated carbocycles. The Kier molecular flexibility index (Phi) is 5.39. The van der Waals surface area contributed by atoms with E-state index in [9.17, 15) is 0 Å². The summed E-state index contributed by atoms with van der Waals surface area (Å²) in [5, 5.41) is 12.9. The van der Waals surface area contributed by atoms with Crippen molar-refractivity contribution in [3.05, 3.63) is 87.8 Å². The first kappa shape index (κ1) is 18.6. The van der Waals surface area contributed by atoms with Crippen molar-refractivity contribution >= 4 is 15.9 Å². The first-order valence-electron chi connectivity index (χ1n) is 9.26. The Hall–Kier alpha value is -2.73. The van der Waals surface area contributed by atoms with Gasteiger partial charge in [0.2, 0.25) is 11.8 Å². The van der Waals surface area contributed by atoms with Crippen molar-refractivity contribution in [1.29, 1.82) is 0 Å². The molecular weight excluding hydrogens is 416 g/mol. The Morgan fingerprint density at radius 3 is 2.36 bits per heavy atom. The van der Waals surface area contributed by atoms with E-state index in [1.165, 1.54) is 16.7 Å². The summed E-state index contributed by atoms with van der Waals surface area (Å²) in [6.45, 7) is 4.46. The third-order valence-corrected chi connectivity index (χ3v) is 5.94. The second kappa shape index (κ2) is 8.10. The first-order chi connectivity index (χ1) is 13.6. The lowest BCUT2D eigenvalue weighted by Crippen LogP contribution is -2.04. The van der Waals surface area contributed by atoms with Crippen LogP contribution in [0.4, 0.5) is 0 Å². The van der Waals surface area contributed by atoms with Gasteiger partial charge in [0, 0.05) is 6.42 Å². The van der Waals surface area contributed by atoms with Gasteiger partial charge in [-0.1, -0.05) is 54.6 Å². The van der Waals surface area contributed by atoms with Gasteiger partial charge in [0.25, 0.3) is 0 Å². The highest BCUT2D eigenvalue weighted by atomic mass is 79.9. The minimum absolute atomic E-state index is 0.478. The van der Waals surface area contributed by atoms with Gasteiger partial charge < -0.3 is 4.42 Å². The van der Waals surface area contributed by atoms with Crippen molar-refractivity contribution in [2.45, 2.75) is 33.2 Å². The van der Waals surface area contributed by atoms with E-state index >= 15 is 0 Å². The van der Waals surface area contributed by atoms with Gasteiger partial charge in [0.05, 0.1) is 15.9 Å². The summed E-state index contributed by atoms with van der Waals surface area (Å²) >= 11 is 3.55. The normalized spacial score (nSPS) is 11.1. The molecule has 0 amide bonds. The summed E-state index contributed by atoms with van der Waals surface area (Å²) in [7, 11) is 0. The van der Waals surface area contributed by atoms with Crippen LogP contribution in [-0.2, 0) is 19.4 Å². The van der Waals surface area contributed by atoms with Gasteiger partial charge >= 0.3 is 0 Å². The second-order valence-electron chi connectivity index (χ2n) is 6.76. The molecule has 2 heterocycles. The Balaban J connectivity index is 1.46. The Morgan fingerprint density at radius 2 is 1.61 bits per heavy atom. The average molecular weight is 437 g/mol. The number of hydrogen-bond acceptors (Lipinski definition) is 4. The molecule has 0 fully saturated rings. The largest absolute Gasteiger partial charge is 0.423 e. The molecule has 28 heavy (non-hydrogen) atoms. The maximum absolute atomic E-state index is 5.86. The van der Waals surface area contributed by atoms with Crippen molar-refractivity contribution in [2.75, 3.05) is 0 Å². The van der Waals surface area contributed by atoms with Gasteiger partial charge in [0.1, 0.15) is 6.54 Å². The Labute approximate surface area is 172 Å². The lowest BCUT2D eigenvalue weighted by molar-refractivity contribution is 0.427. The van der Waals surface area contributed by atoms with Gasteiger partial charge in [-0.3, -0.25) is 4.68 Å². The molecule has 0 N–H and O–H groups in total. The Morgan fingerprint density at radius 1 is 0.893 bits per heavy atom. The lowest BCUT2D eigenvalue weighted by Gasteiger charge is -2.08. The highest BCUT2D eigenvalue weighted by molar-refractivity contribution is 9.10. The zero-order chi connectivity index (χ0) is 19.5. The number of rotatable bonds is 6. The second-order valence-corrected chi connectivity index (χ2v) is 7.55. The third kappa shape index (κ3) is 3.92. The first-order valence-corrected chi connectivity index (χ1v) is 10.0. The molecule has 0 radical (unpaired) electrons. The summed E-state index contributed by atoms with van der Waals surface area (Å²) in [5.74, 6) is 1.22. The molecular formula is C22H21BrN4O. The molecule has 2 aromatic carbocycles. The van der Waals surface area contributed by atoms with Crippen molar-refractivity contribution in [2.24, 2.45) is 0 Å². The van der Waals surface area contributed by atoms with Crippen LogP contribution in [0.1, 0.15) is 28.7 Å². The standard InChI is InChI=1S/C22H21BrN4O/c1-15-22(23)16(2)27(26-15)14-21-25-24-20(28-21)13-12-18-10-6-7-11-19(18)17-8-4-3-5-9-17/h3-11H,12-14H2,1-2H3. The van der Waals surface area contributed by atoms with Gasteiger partial charge in [-0.05, 0) is 52.9 Å². The number of aromatic nitrogens is 4. The van der Waals surface area contributed by atoms with Crippen LogP contribution in [0.25, 0.3) is 11.1 Å². The maximum atomic E-state index is 5.86. The molecule has 0 bridgehead atoms. The fourth-order valence-electron chi connectivity index (χ4n) is 3.29. The predicted molar refractivity (Wildman–Crippen MR) is 112 cm³/mol. The smallest absolute Gasteiger partial charge is 0.237 e. The minimum atomic E-state index is 0.478. The monoisotopic (exact) mass is 436 g/mol. The van der Waals surface area contributed by atoms with Crippen molar-refractivity contribution in [1.82, 2.24) is 20.0 Å². The van der Waals surface area contributed by atoms with Crippen molar-refractivity contribution < 1.29 is 4.42 Å². The molecule has 0 aliphatic heterocycles. The molecule has 6 heteroatoms. The van der Waals surface area contributed by atoms with Gasteiger partial charge in [0.15, 0.2) is 0 Å². The van der Waals surface area contributed by atoms with Crippen molar-refractivity contribution in [3.63, 3.8) is 0 Å². The molecule has 0 aliphatic carbocycles. The van der Waals surface area contributed by atoms with Crippen LogP contribution in [0.5, 0.6) is 0 Å². The quantitative estimate of drug-likeness (QED) is 0.419. The summed E-state index contributed by atoms with van der Waals surface area (Å²) in [6, 6.07) is 18.9. The zero-order valence-electron chi connectivity index (χ0n) is 15.9. The van der Waals surface area contributed by atoms with E-state index in [4.69, 9.17) is 4.42 Å². The zero-order valence-corrected chi connectivity index (χ0v) is 17.5. The van der Waals surface area contributed by atoms with Crippen LogP contribution in [0, 0.1) is 13.8 Å². The topological polar surface area (TPSA) is 56.7 Å². The van der Waals surface area contributed by atoms with E-state index in [-0.39, 0.29) is 0 Å². The highest BCUT2D eigenvalue weighted by Gasteiger charge is 2.13.